The maximum Gasteiger partial charge on any atom is 0.254 e. The number of carbonyl (C=O) groups excluding carboxylic acids is 1. The first-order valence-corrected chi connectivity index (χ1v) is 7.28. The zero-order valence-corrected chi connectivity index (χ0v) is 12.3. The van der Waals surface area contributed by atoms with Crippen molar-refractivity contribution in [1.82, 2.24) is 14.8 Å². The van der Waals surface area contributed by atoms with Crippen LogP contribution < -0.4 is 10.9 Å². The molecule has 0 aromatic carbocycles. The van der Waals surface area contributed by atoms with Gasteiger partial charge in [0, 0.05) is 38.0 Å². The molecule has 1 fully saturated rings. The summed E-state index contributed by atoms with van der Waals surface area (Å²) >= 11 is 0. The SMILES string of the molecule is CCN(CC1CCCNC1)C(=O)c1ccn(C)c(=O)c1. The van der Waals surface area contributed by atoms with Crippen LogP contribution in [0.25, 0.3) is 0 Å². The van der Waals surface area contributed by atoms with Crippen LogP contribution in [0.1, 0.15) is 30.1 Å². The molecule has 1 aliphatic rings. The molecule has 0 radical (unpaired) electrons. The van der Waals surface area contributed by atoms with E-state index in [1.165, 1.54) is 17.1 Å². The van der Waals surface area contributed by atoms with Crippen LogP contribution in [0.5, 0.6) is 0 Å². The molecule has 1 aliphatic heterocycles. The minimum Gasteiger partial charge on any atom is -0.339 e. The Morgan fingerprint density at radius 3 is 2.95 bits per heavy atom. The van der Waals surface area contributed by atoms with Crippen molar-refractivity contribution >= 4 is 5.91 Å². The number of nitrogens with one attached hydrogen (secondary N) is 1. The summed E-state index contributed by atoms with van der Waals surface area (Å²) < 4.78 is 1.47. The zero-order chi connectivity index (χ0) is 14.5. The van der Waals surface area contributed by atoms with Gasteiger partial charge in [-0.25, -0.2) is 0 Å². The van der Waals surface area contributed by atoms with Gasteiger partial charge in [0.05, 0.1) is 0 Å². The number of amides is 1. The van der Waals surface area contributed by atoms with E-state index in [4.69, 9.17) is 0 Å². The van der Waals surface area contributed by atoms with E-state index in [2.05, 4.69) is 5.32 Å². The van der Waals surface area contributed by atoms with Crippen molar-refractivity contribution in [2.45, 2.75) is 19.8 Å². The lowest BCUT2D eigenvalue weighted by Crippen LogP contribution is -2.41. The molecule has 110 valence electrons. The van der Waals surface area contributed by atoms with Crippen LogP contribution in [-0.4, -0.2) is 41.6 Å². The lowest BCUT2D eigenvalue weighted by atomic mass is 9.99. The molecule has 0 bridgehead atoms. The molecule has 1 N–H and O–H groups in total. The van der Waals surface area contributed by atoms with Crippen LogP contribution in [0.2, 0.25) is 0 Å². The molecule has 5 nitrogen and oxygen atoms in total. The van der Waals surface area contributed by atoms with E-state index in [0.29, 0.717) is 18.0 Å². The largest absolute Gasteiger partial charge is 0.339 e. The van der Waals surface area contributed by atoms with Crippen LogP contribution >= 0.6 is 0 Å². The lowest BCUT2D eigenvalue weighted by molar-refractivity contribution is 0.0728. The van der Waals surface area contributed by atoms with E-state index in [-0.39, 0.29) is 11.5 Å². The quantitative estimate of drug-likeness (QED) is 0.887. The summed E-state index contributed by atoms with van der Waals surface area (Å²) in [6.45, 7) is 5.46. The number of pyridine rings is 1. The second-order valence-electron chi connectivity index (χ2n) is 5.42. The molecule has 5 heteroatoms. The Bertz CT molecular complexity index is 518. The highest BCUT2D eigenvalue weighted by Crippen LogP contribution is 2.13. The van der Waals surface area contributed by atoms with Crippen molar-refractivity contribution in [3.63, 3.8) is 0 Å². The Hall–Kier alpha value is -1.62. The fourth-order valence-electron chi connectivity index (χ4n) is 2.61. The minimum absolute atomic E-state index is 0.0456. The topological polar surface area (TPSA) is 54.3 Å². The van der Waals surface area contributed by atoms with E-state index in [9.17, 15) is 9.59 Å². The van der Waals surface area contributed by atoms with Crippen LogP contribution in [0.4, 0.5) is 0 Å². The molecule has 0 spiro atoms. The second-order valence-corrected chi connectivity index (χ2v) is 5.42. The maximum absolute atomic E-state index is 12.5. The van der Waals surface area contributed by atoms with Crippen LogP contribution in [0, 0.1) is 5.92 Å². The van der Waals surface area contributed by atoms with E-state index >= 15 is 0 Å². The number of piperidine rings is 1. The highest BCUT2D eigenvalue weighted by Gasteiger charge is 2.20. The summed E-state index contributed by atoms with van der Waals surface area (Å²) in [5.74, 6) is 0.468. The molecule has 2 rings (SSSR count). The first-order valence-electron chi connectivity index (χ1n) is 7.28. The molecule has 1 saturated heterocycles. The number of hydrogen-bond donors (Lipinski definition) is 1. The third-order valence-electron chi connectivity index (χ3n) is 3.90. The molecule has 1 aromatic heterocycles. The molecule has 0 aliphatic carbocycles. The fourth-order valence-corrected chi connectivity index (χ4v) is 2.61. The van der Waals surface area contributed by atoms with E-state index in [0.717, 1.165) is 26.1 Å². The van der Waals surface area contributed by atoms with Gasteiger partial charge in [-0.2, -0.15) is 0 Å². The number of aryl methyl sites for hydroxylation is 1. The molecule has 0 saturated carbocycles. The summed E-state index contributed by atoms with van der Waals surface area (Å²) in [5, 5.41) is 3.37. The monoisotopic (exact) mass is 277 g/mol. The van der Waals surface area contributed by atoms with E-state index in [1.54, 1.807) is 19.3 Å². The predicted molar refractivity (Wildman–Crippen MR) is 78.9 cm³/mol. The summed E-state index contributed by atoms with van der Waals surface area (Å²) in [6.07, 6.45) is 3.97. The highest BCUT2D eigenvalue weighted by atomic mass is 16.2. The first-order chi connectivity index (χ1) is 9.61. The minimum atomic E-state index is -0.147. The average Bonchev–Trinajstić information content (AvgIpc) is 2.48. The van der Waals surface area contributed by atoms with Crippen LogP contribution in [0.15, 0.2) is 23.1 Å². The van der Waals surface area contributed by atoms with Crippen molar-refractivity contribution in [2.24, 2.45) is 13.0 Å². The molecule has 2 heterocycles. The Balaban J connectivity index is 2.07. The number of nitrogens with zero attached hydrogens (tertiary/aromatic N) is 2. The third kappa shape index (κ3) is 3.48. The van der Waals surface area contributed by atoms with Crippen LogP contribution in [0.3, 0.4) is 0 Å². The van der Waals surface area contributed by atoms with Gasteiger partial charge in [-0.05, 0) is 44.8 Å². The Kier molecular flexibility index (Phi) is 4.95. The second kappa shape index (κ2) is 6.70. The number of carbonyl (C=O) groups is 1. The van der Waals surface area contributed by atoms with Crippen molar-refractivity contribution in [1.29, 1.82) is 0 Å². The Labute approximate surface area is 119 Å². The zero-order valence-electron chi connectivity index (χ0n) is 12.3. The smallest absolute Gasteiger partial charge is 0.254 e. The molecule has 1 aromatic rings. The summed E-state index contributed by atoms with van der Waals surface area (Å²) in [5.41, 5.74) is 0.338. The molecule has 1 atom stereocenters. The number of rotatable bonds is 4. The van der Waals surface area contributed by atoms with Gasteiger partial charge in [-0.3, -0.25) is 9.59 Å². The van der Waals surface area contributed by atoms with Crippen molar-refractivity contribution in [3.8, 4) is 0 Å². The molecular weight excluding hydrogens is 254 g/mol. The van der Waals surface area contributed by atoms with Crippen molar-refractivity contribution in [3.05, 3.63) is 34.2 Å². The molecule has 20 heavy (non-hydrogen) atoms. The van der Waals surface area contributed by atoms with Crippen LogP contribution in [-0.2, 0) is 7.05 Å². The normalized spacial score (nSPS) is 18.8. The molecule has 1 amide bonds. The van der Waals surface area contributed by atoms with Gasteiger partial charge in [0.2, 0.25) is 0 Å². The molecule has 1 unspecified atom stereocenters. The summed E-state index contributed by atoms with van der Waals surface area (Å²) in [7, 11) is 1.68. The summed E-state index contributed by atoms with van der Waals surface area (Å²) in [4.78, 5) is 25.9. The van der Waals surface area contributed by atoms with Gasteiger partial charge >= 0.3 is 0 Å². The van der Waals surface area contributed by atoms with Gasteiger partial charge in [0.25, 0.3) is 11.5 Å². The van der Waals surface area contributed by atoms with Gasteiger partial charge in [0.15, 0.2) is 0 Å². The fraction of sp³-hybridized carbons (Fsp3) is 0.600. The van der Waals surface area contributed by atoms with Gasteiger partial charge < -0.3 is 14.8 Å². The number of aromatic nitrogens is 1. The Morgan fingerprint density at radius 2 is 2.35 bits per heavy atom. The van der Waals surface area contributed by atoms with Crippen molar-refractivity contribution in [2.75, 3.05) is 26.2 Å². The van der Waals surface area contributed by atoms with Gasteiger partial charge in [-0.15, -0.1) is 0 Å². The maximum atomic E-state index is 12.5. The predicted octanol–water partition coefficient (Wildman–Crippen LogP) is 0.847. The number of hydrogen-bond acceptors (Lipinski definition) is 3. The highest BCUT2D eigenvalue weighted by molar-refractivity contribution is 5.94. The van der Waals surface area contributed by atoms with Crippen molar-refractivity contribution < 1.29 is 4.79 Å². The third-order valence-corrected chi connectivity index (χ3v) is 3.90. The first kappa shape index (κ1) is 14.8. The lowest BCUT2D eigenvalue weighted by Gasteiger charge is -2.29. The Morgan fingerprint density at radius 1 is 1.55 bits per heavy atom. The standard InChI is InChI=1S/C15H23N3O2/c1-3-18(11-12-5-4-7-16-10-12)15(20)13-6-8-17(2)14(19)9-13/h6,8-9,12,16H,3-5,7,10-11H2,1-2H3. The molecular formula is C15H23N3O2. The average molecular weight is 277 g/mol. The van der Waals surface area contributed by atoms with Gasteiger partial charge in [-0.1, -0.05) is 0 Å². The van der Waals surface area contributed by atoms with E-state index in [1.807, 2.05) is 11.8 Å². The summed E-state index contributed by atoms with van der Waals surface area (Å²) in [6, 6.07) is 3.13. The van der Waals surface area contributed by atoms with E-state index < -0.39 is 0 Å². The van der Waals surface area contributed by atoms with Gasteiger partial charge in [0.1, 0.15) is 0 Å².